The van der Waals surface area contributed by atoms with E-state index in [4.69, 9.17) is 16.3 Å². The largest absolute Gasteiger partial charge is 0.437 e. The Hall–Kier alpha value is -3.00. The Labute approximate surface area is 170 Å². The van der Waals surface area contributed by atoms with Crippen LogP contribution in [0, 0.1) is 0 Å². The van der Waals surface area contributed by atoms with Gasteiger partial charge in [-0.25, -0.2) is 9.48 Å². The first-order valence-electron chi connectivity index (χ1n) is 8.71. The summed E-state index contributed by atoms with van der Waals surface area (Å²) in [5.74, 6) is -0.663. The molecule has 0 fully saturated rings. The maximum absolute atomic E-state index is 13.7. The van der Waals surface area contributed by atoms with E-state index in [2.05, 4.69) is 5.10 Å². The van der Waals surface area contributed by atoms with E-state index < -0.39 is 23.7 Å². The normalized spacial score (nSPS) is 11.3. The molecule has 3 rings (SSSR count). The van der Waals surface area contributed by atoms with Gasteiger partial charge in [-0.05, 0) is 36.8 Å². The van der Waals surface area contributed by atoms with Crippen LogP contribution in [0.1, 0.15) is 18.2 Å². The molecule has 2 aromatic carbocycles. The van der Waals surface area contributed by atoms with E-state index in [1.807, 2.05) is 30.3 Å². The molecule has 0 aliphatic rings. The van der Waals surface area contributed by atoms with Gasteiger partial charge in [0, 0.05) is 18.1 Å². The van der Waals surface area contributed by atoms with Crippen LogP contribution in [0.2, 0.25) is 5.02 Å². The molecule has 3 aromatic rings. The van der Waals surface area contributed by atoms with Gasteiger partial charge in [0.1, 0.15) is 0 Å². The van der Waals surface area contributed by atoms with Crippen LogP contribution in [0.25, 0.3) is 5.69 Å². The van der Waals surface area contributed by atoms with Gasteiger partial charge in [-0.1, -0.05) is 41.9 Å². The lowest BCUT2D eigenvalue weighted by Crippen LogP contribution is -2.33. The number of hydrogen-bond donors (Lipinski definition) is 0. The summed E-state index contributed by atoms with van der Waals surface area (Å²) in [6.45, 7) is 2.19. The van der Waals surface area contributed by atoms with Crippen LogP contribution in [0.4, 0.5) is 18.0 Å². The van der Waals surface area contributed by atoms with E-state index >= 15 is 0 Å². The van der Waals surface area contributed by atoms with Crippen molar-refractivity contribution in [2.24, 2.45) is 0 Å². The number of aromatic nitrogens is 2. The summed E-state index contributed by atoms with van der Waals surface area (Å²) in [7, 11) is 0. The molecule has 0 N–H and O–H groups in total. The van der Waals surface area contributed by atoms with Crippen molar-refractivity contribution in [3.8, 4) is 11.4 Å². The van der Waals surface area contributed by atoms with Gasteiger partial charge < -0.3 is 9.64 Å². The molecule has 0 saturated heterocycles. The van der Waals surface area contributed by atoms with Crippen molar-refractivity contribution in [2.45, 2.75) is 19.6 Å². The predicted molar refractivity (Wildman–Crippen MR) is 102 cm³/mol. The minimum absolute atomic E-state index is 0.139. The number of nitrogens with zero attached hydrogens (tertiary/aromatic N) is 3. The summed E-state index contributed by atoms with van der Waals surface area (Å²) in [6.07, 6.45) is -4.80. The molecule has 5 nitrogen and oxygen atoms in total. The van der Waals surface area contributed by atoms with Crippen LogP contribution in [-0.4, -0.2) is 27.3 Å². The topological polar surface area (TPSA) is 47.4 Å². The van der Waals surface area contributed by atoms with Crippen LogP contribution in [0.15, 0.2) is 60.8 Å². The van der Waals surface area contributed by atoms with Gasteiger partial charge in [0.15, 0.2) is 11.4 Å². The molecule has 1 aromatic heterocycles. The van der Waals surface area contributed by atoms with Crippen molar-refractivity contribution >= 4 is 17.7 Å². The van der Waals surface area contributed by atoms with Gasteiger partial charge >= 0.3 is 12.3 Å². The van der Waals surface area contributed by atoms with Crippen molar-refractivity contribution < 1.29 is 22.7 Å². The number of rotatable bonds is 5. The molecule has 0 unspecified atom stereocenters. The Morgan fingerprint density at radius 2 is 1.79 bits per heavy atom. The number of carbonyl (C=O) groups excluding carboxylic acids is 1. The SMILES string of the molecule is CCN(Cc1ccccc1)C(=O)Oc1cnn(-c2ccc(Cl)cc2)c1C(F)(F)F. The average molecular weight is 424 g/mol. The fourth-order valence-corrected chi connectivity index (χ4v) is 2.84. The first-order valence-corrected chi connectivity index (χ1v) is 9.09. The highest BCUT2D eigenvalue weighted by Crippen LogP contribution is 2.38. The smallest absolute Gasteiger partial charge is 0.406 e. The molecule has 29 heavy (non-hydrogen) atoms. The first kappa shape index (κ1) is 20.7. The van der Waals surface area contributed by atoms with E-state index in [9.17, 15) is 18.0 Å². The number of halogens is 4. The van der Waals surface area contributed by atoms with Crippen molar-refractivity contribution in [1.82, 2.24) is 14.7 Å². The monoisotopic (exact) mass is 423 g/mol. The number of carbonyl (C=O) groups is 1. The summed E-state index contributed by atoms with van der Waals surface area (Å²) in [5, 5.41) is 4.14. The lowest BCUT2D eigenvalue weighted by atomic mass is 10.2. The van der Waals surface area contributed by atoms with Crippen molar-refractivity contribution in [1.29, 1.82) is 0 Å². The molecule has 0 radical (unpaired) electrons. The van der Waals surface area contributed by atoms with E-state index in [0.29, 0.717) is 9.70 Å². The molecule has 152 valence electrons. The zero-order valence-electron chi connectivity index (χ0n) is 15.4. The summed E-state index contributed by atoms with van der Waals surface area (Å²) < 4.78 is 46.8. The molecule has 0 aliphatic heterocycles. The molecule has 0 saturated carbocycles. The summed E-state index contributed by atoms with van der Waals surface area (Å²) >= 11 is 5.79. The second kappa shape index (κ2) is 8.57. The third kappa shape index (κ3) is 4.89. The molecule has 0 atom stereocenters. The zero-order chi connectivity index (χ0) is 21.0. The number of alkyl halides is 3. The van der Waals surface area contributed by atoms with Crippen LogP contribution >= 0.6 is 11.6 Å². The van der Waals surface area contributed by atoms with Crippen molar-refractivity contribution in [3.63, 3.8) is 0 Å². The predicted octanol–water partition coefficient (Wildman–Crippen LogP) is 5.57. The summed E-state index contributed by atoms with van der Waals surface area (Å²) in [6, 6.07) is 14.8. The Balaban J connectivity index is 1.88. The summed E-state index contributed by atoms with van der Waals surface area (Å²) in [5.41, 5.74) is -0.205. The highest BCUT2D eigenvalue weighted by Gasteiger charge is 2.40. The second-order valence-corrected chi connectivity index (χ2v) is 6.55. The van der Waals surface area contributed by atoms with Gasteiger partial charge in [-0.2, -0.15) is 18.3 Å². The molecule has 0 aliphatic carbocycles. The summed E-state index contributed by atoms with van der Waals surface area (Å²) in [4.78, 5) is 13.8. The fourth-order valence-electron chi connectivity index (χ4n) is 2.71. The highest BCUT2D eigenvalue weighted by molar-refractivity contribution is 6.30. The van der Waals surface area contributed by atoms with Crippen LogP contribution in [0.5, 0.6) is 5.75 Å². The van der Waals surface area contributed by atoms with E-state index in [1.54, 1.807) is 6.92 Å². The third-order valence-corrected chi connectivity index (χ3v) is 4.38. The highest BCUT2D eigenvalue weighted by atomic mass is 35.5. The molecular weight excluding hydrogens is 407 g/mol. The molecule has 1 amide bonds. The standard InChI is InChI=1S/C20H17ClF3N3O2/c1-2-26(13-14-6-4-3-5-7-14)19(28)29-17-12-25-27(18(17)20(22,23)24)16-10-8-15(21)9-11-16/h3-12H,2,13H2,1H3. The zero-order valence-corrected chi connectivity index (χ0v) is 16.1. The van der Waals surface area contributed by atoms with E-state index in [-0.39, 0.29) is 18.8 Å². The maximum Gasteiger partial charge on any atom is 0.437 e. The average Bonchev–Trinajstić information content (AvgIpc) is 3.11. The van der Waals surface area contributed by atoms with E-state index in [0.717, 1.165) is 11.8 Å². The molecule has 9 heteroatoms. The Bertz CT molecular complexity index is 973. The molecule has 0 spiro atoms. The van der Waals surface area contributed by atoms with Gasteiger partial charge in [-0.3, -0.25) is 0 Å². The lowest BCUT2D eigenvalue weighted by molar-refractivity contribution is -0.143. The minimum Gasteiger partial charge on any atom is -0.406 e. The second-order valence-electron chi connectivity index (χ2n) is 6.11. The van der Waals surface area contributed by atoms with Crippen LogP contribution in [0.3, 0.4) is 0 Å². The quantitative estimate of drug-likeness (QED) is 0.539. The van der Waals surface area contributed by atoms with Gasteiger partial charge in [0.2, 0.25) is 0 Å². The van der Waals surface area contributed by atoms with Crippen LogP contribution < -0.4 is 4.74 Å². The van der Waals surface area contributed by atoms with Crippen molar-refractivity contribution in [2.75, 3.05) is 6.54 Å². The number of benzene rings is 2. The number of ether oxygens (including phenoxy) is 1. The van der Waals surface area contributed by atoms with E-state index in [1.165, 1.54) is 29.2 Å². The van der Waals surface area contributed by atoms with Gasteiger partial charge in [-0.15, -0.1) is 0 Å². The number of amides is 1. The molecule has 0 bridgehead atoms. The Morgan fingerprint density at radius 3 is 2.38 bits per heavy atom. The minimum atomic E-state index is -4.79. The number of hydrogen-bond acceptors (Lipinski definition) is 3. The Kier molecular flexibility index (Phi) is 6.12. The Morgan fingerprint density at radius 1 is 1.14 bits per heavy atom. The van der Waals surface area contributed by atoms with Crippen LogP contribution in [-0.2, 0) is 12.7 Å². The fraction of sp³-hybridized carbons (Fsp3) is 0.200. The molecular formula is C20H17ClF3N3O2. The van der Waals surface area contributed by atoms with Gasteiger partial charge in [0.05, 0.1) is 11.9 Å². The van der Waals surface area contributed by atoms with Gasteiger partial charge in [0.25, 0.3) is 0 Å². The third-order valence-electron chi connectivity index (χ3n) is 4.13. The first-order chi connectivity index (χ1) is 13.8. The lowest BCUT2D eigenvalue weighted by Gasteiger charge is -2.20. The molecule has 1 heterocycles. The van der Waals surface area contributed by atoms with Crippen molar-refractivity contribution in [3.05, 3.63) is 77.1 Å². The maximum atomic E-state index is 13.7.